The third kappa shape index (κ3) is 2.87. The number of methoxy groups -OCH3 is 1. The zero-order valence-corrected chi connectivity index (χ0v) is 10.6. The molecule has 0 saturated carbocycles. The van der Waals surface area contributed by atoms with Crippen LogP contribution in [0.4, 0.5) is 0 Å². The fraction of sp³-hybridized carbons (Fsp3) is 0.357. The Balaban J connectivity index is 1.99. The summed E-state index contributed by atoms with van der Waals surface area (Å²) in [7, 11) is 3.65. The average molecular weight is 230 g/mol. The summed E-state index contributed by atoms with van der Waals surface area (Å²) < 4.78 is 7.01. The Labute approximate surface area is 102 Å². The lowest BCUT2D eigenvalue weighted by Crippen LogP contribution is -1.95. The summed E-state index contributed by atoms with van der Waals surface area (Å²) in [5.41, 5.74) is 3.76. The summed E-state index contributed by atoms with van der Waals surface area (Å²) in [4.78, 5) is 0. The molecule has 2 aromatic rings. The molecule has 2 rings (SSSR count). The molecule has 0 aliphatic carbocycles. The van der Waals surface area contributed by atoms with Gasteiger partial charge in [0.05, 0.1) is 12.8 Å². The van der Waals surface area contributed by atoms with Gasteiger partial charge in [0.15, 0.2) is 0 Å². The van der Waals surface area contributed by atoms with Gasteiger partial charge in [-0.2, -0.15) is 5.10 Å². The predicted octanol–water partition coefficient (Wildman–Crippen LogP) is 2.52. The molecule has 1 aromatic carbocycles. The molecule has 3 nitrogen and oxygen atoms in total. The van der Waals surface area contributed by atoms with Crippen molar-refractivity contribution in [1.82, 2.24) is 9.78 Å². The highest BCUT2D eigenvalue weighted by Crippen LogP contribution is 2.14. The molecule has 17 heavy (non-hydrogen) atoms. The molecule has 0 aliphatic heterocycles. The smallest absolute Gasteiger partial charge is 0.118 e. The van der Waals surface area contributed by atoms with E-state index in [0.29, 0.717) is 0 Å². The van der Waals surface area contributed by atoms with Crippen molar-refractivity contribution in [2.24, 2.45) is 7.05 Å². The molecule has 0 saturated heterocycles. The molecule has 0 fully saturated rings. The van der Waals surface area contributed by atoms with E-state index in [1.807, 2.05) is 23.9 Å². The number of aryl methyl sites for hydroxylation is 4. The van der Waals surface area contributed by atoms with Crippen molar-refractivity contribution in [3.05, 3.63) is 47.3 Å². The van der Waals surface area contributed by atoms with E-state index in [-0.39, 0.29) is 0 Å². The topological polar surface area (TPSA) is 27.1 Å². The standard InChI is InChI=1S/C14H18N2O/c1-11-10-16(2)15-14(11)9-6-12-4-7-13(17-3)8-5-12/h4-5,7-8,10H,6,9H2,1-3H3. The van der Waals surface area contributed by atoms with Gasteiger partial charge in [0.2, 0.25) is 0 Å². The van der Waals surface area contributed by atoms with Crippen molar-refractivity contribution >= 4 is 0 Å². The molecule has 0 atom stereocenters. The van der Waals surface area contributed by atoms with Crippen LogP contribution in [0, 0.1) is 6.92 Å². The molecule has 3 heteroatoms. The quantitative estimate of drug-likeness (QED) is 0.807. The van der Waals surface area contributed by atoms with Crippen LogP contribution < -0.4 is 4.74 Å². The summed E-state index contributed by atoms with van der Waals surface area (Å²) in [6, 6.07) is 8.22. The molecule has 90 valence electrons. The lowest BCUT2D eigenvalue weighted by atomic mass is 10.1. The summed E-state index contributed by atoms with van der Waals surface area (Å²) in [5, 5.41) is 4.45. The number of aromatic nitrogens is 2. The Morgan fingerprint density at radius 2 is 1.88 bits per heavy atom. The Morgan fingerprint density at radius 1 is 1.18 bits per heavy atom. The molecular weight excluding hydrogens is 212 g/mol. The number of ether oxygens (including phenoxy) is 1. The molecule has 0 spiro atoms. The Hall–Kier alpha value is -1.77. The number of benzene rings is 1. The van der Waals surface area contributed by atoms with Gasteiger partial charge in [0.1, 0.15) is 5.75 Å². The van der Waals surface area contributed by atoms with Crippen LogP contribution in [0.5, 0.6) is 5.75 Å². The van der Waals surface area contributed by atoms with Crippen LogP contribution in [0.25, 0.3) is 0 Å². The van der Waals surface area contributed by atoms with E-state index < -0.39 is 0 Å². The van der Waals surface area contributed by atoms with Gasteiger partial charge in [0.25, 0.3) is 0 Å². The van der Waals surface area contributed by atoms with Crippen molar-refractivity contribution in [1.29, 1.82) is 0 Å². The lowest BCUT2D eigenvalue weighted by Gasteiger charge is -2.02. The summed E-state index contributed by atoms with van der Waals surface area (Å²) in [6.07, 6.45) is 4.06. The molecule has 0 amide bonds. The third-order valence-electron chi connectivity index (χ3n) is 2.92. The van der Waals surface area contributed by atoms with E-state index in [2.05, 4.69) is 30.4 Å². The molecule has 0 unspecified atom stereocenters. The van der Waals surface area contributed by atoms with Gasteiger partial charge in [0, 0.05) is 13.2 Å². The Bertz CT molecular complexity index is 485. The van der Waals surface area contributed by atoms with Gasteiger partial charge in [-0.1, -0.05) is 12.1 Å². The number of hydrogen-bond donors (Lipinski definition) is 0. The maximum absolute atomic E-state index is 5.14. The second-order valence-electron chi connectivity index (χ2n) is 4.28. The van der Waals surface area contributed by atoms with Crippen LogP contribution in [0.2, 0.25) is 0 Å². The minimum Gasteiger partial charge on any atom is -0.497 e. The van der Waals surface area contributed by atoms with Crippen LogP contribution >= 0.6 is 0 Å². The molecule has 0 aliphatic rings. The Morgan fingerprint density at radius 3 is 2.41 bits per heavy atom. The lowest BCUT2D eigenvalue weighted by molar-refractivity contribution is 0.414. The number of hydrogen-bond acceptors (Lipinski definition) is 2. The van der Waals surface area contributed by atoms with Crippen molar-refractivity contribution in [3.63, 3.8) is 0 Å². The van der Waals surface area contributed by atoms with Gasteiger partial charge in [-0.3, -0.25) is 4.68 Å². The summed E-state index contributed by atoms with van der Waals surface area (Å²) in [5.74, 6) is 0.905. The van der Waals surface area contributed by atoms with Crippen LogP contribution in [0.15, 0.2) is 30.5 Å². The van der Waals surface area contributed by atoms with E-state index in [9.17, 15) is 0 Å². The number of nitrogens with zero attached hydrogens (tertiary/aromatic N) is 2. The van der Waals surface area contributed by atoms with E-state index in [4.69, 9.17) is 4.74 Å². The van der Waals surface area contributed by atoms with Crippen molar-refractivity contribution in [2.45, 2.75) is 19.8 Å². The van der Waals surface area contributed by atoms with E-state index >= 15 is 0 Å². The highest BCUT2D eigenvalue weighted by Gasteiger charge is 2.03. The highest BCUT2D eigenvalue weighted by atomic mass is 16.5. The molecule has 0 bridgehead atoms. The largest absolute Gasteiger partial charge is 0.497 e. The first-order valence-corrected chi connectivity index (χ1v) is 5.81. The normalized spacial score (nSPS) is 10.5. The average Bonchev–Trinajstić information content (AvgIpc) is 2.66. The van der Waals surface area contributed by atoms with E-state index in [1.165, 1.54) is 16.8 Å². The fourth-order valence-electron chi connectivity index (χ4n) is 1.96. The predicted molar refractivity (Wildman–Crippen MR) is 68.3 cm³/mol. The van der Waals surface area contributed by atoms with Gasteiger partial charge in [-0.25, -0.2) is 0 Å². The molecule has 1 aromatic heterocycles. The highest BCUT2D eigenvalue weighted by molar-refractivity contribution is 5.28. The monoisotopic (exact) mass is 230 g/mol. The number of rotatable bonds is 4. The van der Waals surface area contributed by atoms with Gasteiger partial charge < -0.3 is 4.74 Å². The van der Waals surface area contributed by atoms with Gasteiger partial charge in [-0.05, 0) is 43.0 Å². The van der Waals surface area contributed by atoms with Crippen LogP contribution in [-0.2, 0) is 19.9 Å². The van der Waals surface area contributed by atoms with Crippen molar-refractivity contribution in [2.75, 3.05) is 7.11 Å². The van der Waals surface area contributed by atoms with Gasteiger partial charge in [-0.15, -0.1) is 0 Å². The van der Waals surface area contributed by atoms with Crippen LogP contribution in [0.3, 0.4) is 0 Å². The minimum atomic E-state index is 0.905. The first-order valence-electron chi connectivity index (χ1n) is 5.81. The van der Waals surface area contributed by atoms with E-state index in [0.717, 1.165) is 18.6 Å². The van der Waals surface area contributed by atoms with E-state index in [1.54, 1.807) is 7.11 Å². The van der Waals surface area contributed by atoms with Crippen LogP contribution in [0.1, 0.15) is 16.8 Å². The second-order valence-corrected chi connectivity index (χ2v) is 4.28. The summed E-state index contributed by atoms with van der Waals surface area (Å²) in [6.45, 7) is 2.11. The molecule has 0 N–H and O–H groups in total. The molecule has 0 radical (unpaired) electrons. The van der Waals surface area contributed by atoms with Gasteiger partial charge >= 0.3 is 0 Å². The van der Waals surface area contributed by atoms with Crippen molar-refractivity contribution < 1.29 is 4.74 Å². The third-order valence-corrected chi connectivity index (χ3v) is 2.92. The summed E-state index contributed by atoms with van der Waals surface area (Å²) >= 11 is 0. The Kier molecular flexibility index (Phi) is 3.47. The first-order chi connectivity index (χ1) is 8.19. The van der Waals surface area contributed by atoms with Crippen LogP contribution in [-0.4, -0.2) is 16.9 Å². The van der Waals surface area contributed by atoms with Crippen molar-refractivity contribution in [3.8, 4) is 5.75 Å². The first kappa shape index (κ1) is 11.7. The maximum Gasteiger partial charge on any atom is 0.118 e. The second kappa shape index (κ2) is 5.04. The SMILES string of the molecule is COc1ccc(CCc2nn(C)cc2C)cc1. The fourth-order valence-corrected chi connectivity index (χ4v) is 1.96. The maximum atomic E-state index is 5.14. The zero-order chi connectivity index (χ0) is 12.3. The zero-order valence-electron chi connectivity index (χ0n) is 10.6. The molecular formula is C14H18N2O. The molecule has 1 heterocycles. The minimum absolute atomic E-state index is 0.905.